The van der Waals surface area contributed by atoms with Gasteiger partial charge in [-0.2, -0.15) is 12.6 Å². The molecule has 0 aromatic rings. The number of thiol groups is 1. The van der Waals surface area contributed by atoms with Crippen molar-refractivity contribution in [2.45, 2.75) is 0 Å². The Hall–Kier alpha value is 0.959. The molecule has 0 aliphatic rings. The molecule has 5 heavy (non-hydrogen) atoms. The normalized spacial score (nSPS) is 6.00. The second kappa shape index (κ2) is 8.88. The van der Waals surface area contributed by atoms with E-state index >= 15 is 0 Å². The molecule has 1 nitrogen and oxygen atoms in total. The Morgan fingerprint density at radius 2 is 1.80 bits per heavy atom. The SMILES string of the molecule is NCCS.[Tc]. The summed E-state index contributed by atoms with van der Waals surface area (Å²) in [5.41, 5.74) is 4.95. The predicted molar refractivity (Wildman–Crippen MR) is 22.9 cm³/mol. The van der Waals surface area contributed by atoms with Gasteiger partial charge in [0.05, 0.1) is 0 Å². The van der Waals surface area contributed by atoms with Gasteiger partial charge in [0.25, 0.3) is 0 Å². The maximum absolute atomic E-state index is 4.95. The molecule has 0 aliphatic carbocycles. The molecule has 0 rings (SSSR count). The van der Waals surface area contributed by atoms with E-state index in [1.54, 1.807) is 0 Å². The molecule has 0 atom stereocenters. The molecule has 0 aliphatic heterocycles. The minimum atomic E-state index is 0. The first-order valence-electron chi connectivity index (χ1n) is 1.22. The van der Waals surface area contributed by atoms with Crippen molar-refractivity contribution < 1.29 is 20.1 Å². The molecule has 2 N–H and O–H groups in total. The average molecular weight is 175 g/mol. The maximum atomic E-state index is 4.95. The number of nitrogens with two attached hydrogens (primary N) is 1. The zero-order chi connectivity index (χ0) is 3.41. The molecule has 0 heterocycles. The van der Waals surface area contributed by atoms with Crippen molar-refractivity contribution in [3.63, 3.8) is 0 Å². The Kier molecular flexibility index (Phi) is 16.6. The minimum absolute atomic E-state index is 0. The fourth-order valence-corrected chi connectivity index (χ4v) is 0. The van der Waals surface area contributed by atoms with E-state index in [1.165, 1.54) is 0 Å². The summed E-state index contributed by atoms with van der Waals surface area (Å²) in [6, 6.07) is 0. The monoisotopic (exact) mass is 174 g/mol. The summed E-state index contributed by atoms with van der Waals surface area (Å²) in [5.74, 6) is 0.792. The molecule has 0 aromatic heterocycles. The zero-order valence-electron chi connectivity index (χ0n) is 2.82. The smallest absolute Gasteiger partial charge is 0.00255 e. The van der Waals surface area contributed by atoms with Crippen molar-refractivity contribution >= 4 is 12.6 Å². The van der Waals surface area contributed by atoms with Gasteiger partial charge >= 0.3 is 0 Å². The minimum Gasteiger partial charge on any atom is -0.330 e. The van der Waals surface area contributed by atoms with Crippen LogP contribution in [0.2, 0.25) is 0 Å². The van der Waals surface area contributed by atoms with Gasteiger partial charge in [-0.3, -0.25) is 0 Å². The van der Waals surface area contributed by atoms with Crippen LogP contribution in [0.4, 0.5) is 0 Å². The third-order valence-corrected chi connectivity index (χ3v) is 0.387. The first-order valence-corrected chi connectivity index (χ1v) is 1.86. The van der Waals surface area contributed by atoms with Crippen LogP contribution in [0.1, 0.15) is 0 Å². The van der Waals surface area contributed by atoms with Crippen molar-refractivity contribution in [3.05, 3.63) is 0 Å². The number of hydrogen-bond acceptors (Lipinski definition) is 2. The van der Waals surface area contributed by atoms with Crippen LogP contribution in [-0.4, -0.2) is 12.3 Å². The Bertz CT molecular complexity index is 11.6. The summed E-state index contributed by atoms with van der Waals surface area (Å²) >= 11 is 3.80. The zero-order valence-corrected chi connectivity index (χ0v) is 5.57. The van der Waals surface area contributed by atoms with Crippen molar-refractivity contribution in [1.82, 2.24) is 0 Å². The third kappa shape index (κ3) is 11.3. The van der Waals surface area contributed by atoms with E-state index in [-0.39, 0.29) is 20.1 Å². The van der Waals surface area contributed by atoms with Gasteiger partial charge in [-0.05, 0) is 0 Å². The van der Waals surface area contributed by atoms with Crippen LogP contribution in [0.25, 0.3) is 0 Å². The summed E-state index contributed by atoms with van der Waals surface area (Å²) in [5, 5.41) is 0. The summed E-state index contributed by atoms with van der Waals surface area (Å²) in [4.78, 5) is 0. The molecular weight excluding hydrogens is 168 g/mol. The van der Waals surface area contributed by atoms with Crippen LogP contribution in [-0.2, 0) is 20.1 Å². The molecule has 33 valence electrons. The quantitative estimate of drug-likeness (QED) is 0.533. The predicted octanol–water partition coefficient (Wildman–Crippen LogP) is -0.128. The largest absolute Gasteiger partial charge is 0.330 e. The molecule has 0 bridgehead atoms. The molecule has 0 saturated carbocycles. The second-order valence-electron chi connectivity index (χ2n) is 0.512. The fraction of sp³-hybridized carbons (Fsp3) is 1.00. The van der Waals surface area contributed by atoms with Crippen LogP contribution >= 0.6 is 12.6 Å². The van der Waals surface area contributed by atoms with Crippen molar-refractivity contribution in [1.29, 1.82) is 0 Å². The molecule has 0 saturated heterocycles. The van der Waals surface area contributed by atoms with E-state index < -0.39 is 0 Å². The van der Waals surface area contributed by atoms with Gasteiger partial charge in [0, 0.05) is 32.4 Å². The van der Waals surface area contributed by atoms with Gasteiger partial charge in [0.1, 0.15) is 0 Å². The number of hydrogen-bond donors (Lipinski definition) is 2. The van der Waals surface area contributed by atoms with Gasteiger partial charge in [0.2, 0.25) is 0 Å². The van der Waals surface area contributed by atoms with E-state index in [9.17, 15) is 0 Å². The van der Waals surface area contributed by atoms with Gasteiger partial charge < -0.3 is 5.73 Å². The summed E-state index contributed by atoms with van der Waals surface area (Å²) in [6.07, 6.45) is 0. The van der Waals surface area contributed by atoms with E-state index in [1.807, 2.05) is 0 Å². The topological polar surface area (TPSA) is 26.0 Å². The van der Waals surface area contributed by atoms with Crippen LogP contribution in [0, 0.1) is 0 Å². The van der Waals surface area contributed by atoms with Crippen LogP contribution in [0.3, 0.4) is 0 Å². The van der Waals surface area contributed by atoms with E-state index in [4.69, 9.17) is 5.73 Å². The van der Waals surface area contributed by atoms with E-state index in [0.29, 0.717) is 6.54 Å². The second-order valence-corrected chi connectivity index (χ2v) is 0.959. The molecular formula is C2H7NSTc. The first-order chi connectivity index (χ1) is 1.91. The molecule has 0 fully saturated rings. The maximum Gasteiger partial charge on any atom is 0.00255 e. The Balaban J connectivity index is 0. The van der Waals surface area contributed by atoms with Gasteiger partial charge in [-0.15, -0.1) is 0 Å². The summed E-state index contributed by atoms with van der Waals surface area (Å²) in [6.45, 7) is 0.684. The van der Waals surface area contributed by atoms with E-state index in [2.05, 4.69) is 12.6 Å². The molecule has 0 aromatic carbocycles. The fourth-order valence-electron chi connectivity index (χ4n) is 0. The van der Waals surface area contributed by atoms with Crippen LogP contribution < -0.4 is 5.73 Å². The summed E-state index contributed by atoms with van der Waals surface area (Å²) < 4.78 is 0. The molecule has 1 radical (unpaired) electrons. The van der Waals surface area contributed by atoms with Crippen LogP contribution in [0.15, 0.2) is 0 Å². The third-order valence-electron chi connectivity index (χ3n) is 0.129. The van der Waals surface area contributed by atoms with Gasteiger partial charge in [-0.25, -0.2) is 0 Å². The number of rotatable bonds is 1. The average Bonchev–Trinajstić information content (AvgIpc) is 1.37. The van der Waals surface area contributed by atoms with Gasteiger partial charge in [0.15, 0.2) is 0 Å². The summed E-state index contributed by atoms with van der Waals surface area (Å²) in [7, 11) is 0. The van der Waals surface area contributed by atoms with Crippen molar-refractivity contribution in [2.75, 3.05) is 12.3 Å². The standard InChI is InChI=1S/C2H7NS.Tc/c3-1-2-4;/h4H,1-3H2;. The Morgan fingerprint density at radius 1 is 1.60 bits per heavy atom. The Labute approximate surface area is 51.1 Å². The molecule has 0 unspecified atom stereocenters. The van der Waals surface area contributed by atoms with Crippen LogP contribution in [0.5, 0.6) is 0 Å². The molecule has 3 heteroatoms. The molecule has 0 spiro atoms. The molecule has 0 amide bonds. The van der Waals surface area contributed by atoms with Crippen molar-refractivity contribution in [2.24, 2.45) is 5.73 Å². The van der Waals surface area contributed by atoms with E-state index in [0.717, 1.165) is 5.75 Å². The van der Waals surface area contributed by atoms with Gasteiger partial charge in [-0.1, -0.05) is 0 Å². The van der Waals surface area contributed by atoms with Crippen molar-refractivity contribution in [3.8, 4) is 0 Å². The first kappa shape index (κ1) is 9.35. The Morgan fingerprint density at radius 3 is 1.80 bits per heavy atom.